The van der Waals surface area contributed by atoms with Gasteiger partial charge in [-0.05, 0) is 6.42 Å². The van der Waals surface area contributed by atoms with Gasteiger partial charge in [-0.25, -0.2) is 4.79 Å². The molecule has 0 radical (unpaired) electrons. The molecule has 0 spiro atoms. The number of aliphatic hydroxyl groups excluding tert-OH is 1. The minimum atomic E-state index is -1.35. The minimum absolute atomic E-state index is 0.246. The molecule has 0 aromatic carbocycles. The van der Waals surface area contributed by atoms with Crippen LogP contribution >= 0.6 is 0 Å². The maximum Gasteiger partial charge on any atom is 0.335 e. The highest BCUT2D eigenvalue weighted by Crippen LogP contribution is 2.09. The number of rotatable bonds is 6. The van der Waals surface area contributed by atoms with Gasteiger partial charge in [0.25, 0.3) is 0 Å². The summed E-state index contributed by atoms with van der Waals surface area (Å²) in [4.78, 5) is 21.3. The van der Waals surface area contributed by atoms with E-state index in [1.165, 1.54) is 6.92 Å². The third-order valence-corrected chi connectivity index (χ3v) is 1.73. The van der Waals surface area contributed by atoms with E-state index in [0.29, 0.717) is 6.42 Å². The van der Waals surface area contributed by atoms with Gasteiger partial charge in [0.2, 0.25) is 0 Å². The SMILES string of the molecule is CCCOC(=O)C(O)C(C)CC(=O)O. The van der Waals surface area contributed by atoms with Crippen LogP contribution in [0.25, 0.3) is 0 Å². The Kier molecular flexibility index (Phi) is 5.87. The maximum atomic E-state index is 11.1. The minimum Gasteiger partial charge on any atom is -0.481 e. The zero-order valence-corrected chi connectivity index (χ0v) is 8.40. The van der Waals surface area contributed by atoms with Gasteiger partial charge in [-0.3, -0.25) is 4.79 Å². The van der Waals surface area contributed by atoms with Crippen LogP contribution in [0.2, 0.25) is 0 Å². The molecule has 0 amide bonds. The topological polar surface area (TPSA) is 83.8 Å². The largest absolute Gasteiger partial charge is 0.481 e. The number of carboxylic acid groups (broad SMARTS) is 1. The van der Waals surface area contributed by atoms with Gasteiger partial charge >= 0.3 is 11.9 Å². The predicted octanol–water partition coefficient (Wildman–Crippen LogP) is 0.411. The first-order valence-electron chi connectivity index (χ1n) is 4.55. The highest BCUT2D eigenvalue weighted by Gasteiger charge is 2.25. The Bertz CT molecular complexity index is 201. The molecule has 5 nitrogen and oxygen atoms in total. The summed E-state index contributed by atoms with van der Waals surface area (Å²) in [5, 5.41) is 17.8. The van der Waals surface area contributed by atoms with E-state index < -0.39 is 24.0 Å². The van der Waals surface area contributed by atoms with Gasteiger partial charge in [0.15, 0.2) is 6.10 Å². The zero-order valence-electron chi connectivity index (χ0n) is 8.40. The lowest BCUT2D eigenvalue weighted by atomic mass is 10.0. The molecular formula is C9H16O5. The number of aliphatic hydroxyl groups is 1. The number of carboxylic acids is 1. The molecule has 0 aliphatic rings. The fraction of sp³-hybridized carbons (Fsp3) is 0.778. The maximum absolute atomic E-state index is 11.1. The molecule has 5 heteroatoms. The smallest absolute Gasteiger partial charge is 0.335 e. The second kappa shape index (κ2) is 6.37. The number of hydrogen-bond acceptors (Lipinski definition) is 4. The van der Waals surface area contributed by atoms with Crippen molar-refractivity contribution in [2.75, 3.05) is 6.61 Å². The van der Waals surface area contributed by atoms with Gasteiger partial charge in [0, 0.05) is 5.92 Å². The molecule has 0 aliphatic carbocycles. The van der Waals surface area contributed by atoms with Crippen molar-refractivity contribution in [2.24, 2.45) is 5.92 Å². The van der Waals surface area contributed by atoms with Crippen molar-refractivity contribution in [1.82, 2.24) is 0 Å². The third-order valence-electron chi connectivity index (χ3n) is 1.73. The summed E-state index contributed by atoms with van der Waals surface area (Å²) in [7, 11) is 0. The average Bonchev–Trinajstić information content (AvgIpc) is 2.11. The molecule has 0 fully saturated rings. The number of aliphatic carboxylic acids is 1. The third kappa shape index (κ3) is 4.81. The second-order valence-electron chi connectivity index (χ2n) is 3.19. The van der Waals surface area contributed by atoms with Crippen molar-refractivity contribution in [1.29, 1.82) is 0 Å². The first kappa shape index (κ1) is 12.9. The summed E-state index contributed by atoms with van der Waals surface area (Å²) >= 11 is 0. The van der Waals surface area contributed by atoms with Crippen molar-refractivity contribution in [3.63, 3.8) is 0 Å². The van der Waals surface area contributed by atoms with E-state index in [2.05, 4.69) is 4.74 Å². The summed E-state index contributed by atoms with van der Waals surface area (Å²) in [5.74, 6) is -2.42. The summed E-state index contributed by atoms with van der Waals surface area (Å²) in [6, 6.07) is 0. The average molecular weight is 204 g/mol. The molecule has 0 rings (SSSR count). The van der Waals surface area contributed by atoms with E-state index in [-0.39, 0.29) is 13.0 Å². The molecule has 0 saturated heterocycles. The van der Waals surface area contributed by atoms with Crippen LogP contribution < -0.4 is 0 Å². The predicted molar refractivity (Wildman–Crippen MR) is 48.7 cm³/mol. The number of hydrogen-bond donors (Lipinski definition) is 2. The van der Waals surface area contributed by atoms with Crippen molar-refractivity contribution in [3.05, 3.63) is 0 Å². The van der Waals surface area contributed by atoms with Crippen molar-refractivity contribution < 1.29 is 24.5 Å². The van der Waals surface area contributed by atoms with Crippen LogP contribution in [0.3, 0.4) is 0 Å². The Labute approximate surface area is 82.7 Å². The van der Waals surface area contributed by atoms with E-state index in [4.69, 9.17) is 5.11 Å². The van der Waals surface area contributed by atoms with Gasteiger partial charge < -0.3 is 14.9 Å². The van der Waals surface area contributed by atoms with Crippen molar-refractivity contribution in [3.8, 4) is 0 Å². The molecule has 0 heterocycles. The lowest BCUT2D eigenvalue weighted by Crippen LogP contribution is -2.31. The Morgan fingerprint density at radius 1 is 1.43 bits per heavy atom. The summed E-state index contributed by atoms with van der Waals surface area (Å²) in [6.45, 7) is 3.57. The van der Waals surface area contributed by atoms with Gasteiger partial charge in [0.05, 0.1) is 13.0 Å². The zero-order chi connectivity index (χ0) is 11.1. The summed E-state index contributed by atoms with van der Waals surface area (Å²) in [5.41, 5.74) is 0. The van der Waals surface area contributed by atoms with E-state index in [0.717, 1.165) is 0 Å². The number of ether oxygens (including phenoxy) is 1. The fourth-order valence-electron chi connectivity index (χ4n) is 0.907. The van der Waals surface area contributed by atoms with E-state index in [9.17, 15) is 14.7 Å². The molecule has 0 aromatic rings. The van der Waals surface area contributed by atoms with Crippen molar-refractivity contribution in [2.45, 2.75) is 32.8 Å². The lowest BCUT2D eigenvalue weighted by molar-refractivity contribution is -0.157. The molecule has 0 aromatic heterocycles. The quantitative estimate of drug-likeness (QED) is 0.612. The van der Waals surface area contributed by atoms with Crippen LogP contribution in [0.4, 0.5) is 0 Å². The number of carbonyl (C=O) groups excluding carboxylic acids is 1. The van der Waals surface area contributed by atoms with Crippen LogP contribution in [0.5, 0.6) is 0 Å². The molecule has 82 valence electrons. The van der Waals surface area contributed by atoms with Gasteiger partial charge in [-0.2, -0.15) is 0 Å². The Morgan fingerprint density at radius 3 is 2.43 bits per heavy atom. The first-order valence-corrected chi connectivity index (χ1v) is 4.55. The van der Waals surface area contributed by atoms with Crippen LogP contribution in [0, 0.1) is 5.92 Å². The molecular weight excluding hydrogens is 188 g/mol. The lowest BCUT2D eigenvalue weighted by Gasteiger charge is -2.15. The first-order chi connectivity index (χ1) is 6.49. The molecule has 2 atom stereocenters. The van der Waals surface area contributed by atoms with E-state index in [1.807, 2.05) is 6.92 Å². The van der Waals surface area contributed by atoms with Crippen LogP contribution in [0.15, 0.2) is 0 Å². The second-order valence-corrected chi connectivity index (χ2v) is 3.19. The Morgan fingerprint density at radius 2 is 2.00 bits per heavy atom. The highest BCUT2D eigenvalue weighted by atomic mass is 16.5. The Hall–Kier alpha value is -1.10. The van der Waals surface area contributed by atoms with E-state index in [1.54, 1.807) is 0 Å². The highest BCUT2D eigenvalue weighted by molar-refractivity contribution is 5.76. The molecule has 0 aliphatic heterocycles. The van der Waals surface area contributed by atoms with Crippen molar-refractivity contribution >= 4 is 11.9 Å². The van der Waals surface area contributed by atoms with Crippen LogP contribution in [0.1, 0.15) is 26.7 Å². The number of esters is 1. The molecule has 2 unspecified atom stereocenters. The molecule has 0 bridgehead atoms. The normalized spacial score (nSPS) is 14.5. The van der Waals surface area contributed by atoms with Crippen LogP contribution in [-0.4, -0.2) is 34.9 Å². The van der Waals surface area contributed by atoms with Gasteiger partial charge in [0.1, 0.15) is 0 Å². The fourth-order valence-corrected chi connectivity index (χ4v) is 0.907. The summed E-state index contributed by atoms with van der Waals surface area (Å²) in [6.07, 6.45) is -0.925. The van der Waals surface area contributed by atoms with Gasteiger partial charge in [-0.15, -0.1) is 0 Å². The standard InChI is InChI=1S/C9H16O5/c1-3-4-14-9(13)8(12)6(2)5-7(10)11/h6,8,12H,3-5H2,1-2H3,(H,10,11). The van der Waals surface area contributed by atoms with Gasteiger partial charge in [-0.1, -0.05) is 13.8 Å². The van der Waals surface area contributed by atoms with E-state index >= 15 is 0 Å². The molecule has 0 saturated carbocycles. The van der Waals surface area contributed by atoms with Crippen LogP contribution in [-0.2, 0) is 14.3 Å². The molecule has 14 heavy (non-hydrogen) atoms. The number of carbonyl (C=O) groups is 2. The molecule has 2 N–H and O–H groups in total. The monoisotopic (exact) mass is 204 g/mol. The summed E-state index contributed by atoms with van der Waals surface area (Å²) < 4.78 is 4.67. The Balaban J connectivity index is 3.96.